The van der Waals surface area contributed by atoms with Crippen molar-refractivity contribution in [1.29, 1.82) is 5.26 Å². The molecule has 0 spiro atoms. The summed E-state index contributed by atoms with van der Waals surface area (Å²) in [5.41, 5.74) is 1.02. The number of ether oxygens (including phenoxy) is 3. The summed E-state index contributed by atoms with van der Waals surface area (Å²) in [7, 11) is 3.17. The fraction of sp³-hybridized carbons (Fsp3) is 0.400. The Morgan fingerprint density at radius 2 is 1.81 bits per heavy atom. The fourth-order valence-corrected chi connectivity index (χ4v) is 4.27. The van der Waals surface area contributed by atoms with Crippen molar-refractivity contribution in [3.63, 3.8) is 0 Å². The molecule has 1 aromatic carbocycles. The number of anilines is 2. The van der Waals surface area contributed by atoms with Crippen molar-refractivity contribution in [2.75, 3.05) is 44.1 Å². The average Bonchev–Trinajstić information content (AvgIpc) is 3.36. The lowest BCUT2D eigenvalue weighted by molar-refractivity contribution is 0.102. The summed E-state index contributed by atoms with van der Waals surface area (Å²) in [4.78, 5) is 25.7. The highest BCUT2D eigenvalue weighted by atomic mass is 16.5. The molecule has 1 saturated heterocycles. The van der Waals surface area contributed by atoms with Crippen LogP contribution in [-0.4, -0.2) is 76.9 Å². The summed E-state index contributed by atoms with van der Waals surface area (Å²) in [5, 5.41) is 18.6. The highest BCUT2D eigenvalue weighted by Crippen LogP contribution is 2.24. The third-order valence-corrected chi connectivity index (χ3v) is 6.15. The predicted octanol–water partition coefficient (Wildman–Crippen LogP) is 2.47. The van der Waals surface area contributed by atoms with E-state index in [0.717, 1.165) is 18.7 Å². The van der Waals surface area contributed by atoms with Gasteiger partial charge in [0.25, 0.3) is 5.91 Å². The van der Waals surface area contributed by atoms with Crippen molar-refractivity contribution in [3.05, 3.63) is 47.9 Å². The van der Waals surface area contributed by atoms with Crippen LogP contribution in [0.4, 0.5) is 11.6 Å². The van der Waals surface area contributed by atoms with Crippen molar-refractivity contribution in [2.45, 2.75) is 32.5 Å². The molecule has 4 rings (SSSR count). The number of H-pyrrole nitrogens is 1. The molecular formula is C25H30N8O4. The van der Waals surface area contributed by atoms with Crippen LogP contribution in [0.2, 0.25) is 0 Å². The number of aromatic amines is 1. The number of carbonyl (C=O) groups excluding carboxylic acids is 1. The van der Waals surface area contributed by atoms with E-state index in [1.165, 1.54) is 6.20 Å². The minimum absolute atomic E-state index is 0.175. The van der Waals surface area contributed by atoms with Gasteiger partial charge in [-0.1, -0.05) is 0 Å². The fourth-order valence-electron chi connectivity index (χ4n) is 4.27. The van der Waals surface area contributed by atoms with Crippen LogP contribution in [0.15, 0.2) is 36.7 Å². The van der Waals surface area contributed by atoms with E-state index in [-0.39, 0.29) is 24.4 Å². The Kier molecular flexibility index (Phi) is 8.05. The molecular weight excluding hydrogens is 476 g/mol. The summed E-state index contributed by atoms with van der Waals surface area (Å²) >= 11 is 0. The van der Waals surface area contributed by atoms with Crippen molar-refractivity contribution >= 4 is 17.5 Å². The molecule has 2 N–H and O–H groups in total. The van der Waals surface area contributed by atoms with Gasteiger partial charge in [-0.05, 0) is 31.5 Å². The van der Waals surface area contributed by atoms with Crippen molar-refractivity contribution in [3.8, 4) is 23.4 Å². The Hall–Kier alpha value is -4.37. The maximum absolute atomic E-state index is 12.7. The van der Waals surface area contributed by atoms with Crippen LogP contribution in [0.5, 0.6) is 17.4 Å². The number of aromatic nitrogens is 4. The van der Waals surface area contributed by atoms with Gasteiger partial charge in [-0.25, -0.2) is 9.97 Å². The van der Waals surface area contributed by atoms with Gasteiger partial charge in [0.05, 0.1) is 39.2 Å². The molecule has 37 heavy (non-hydrogen) atoms. The lowest BCUT2D eigenvalue weighted by atomic mass is 10.1. The monoisotopic (exact) mass is 506 g/mol. The number of hydrogen-bond donors (Lipinski definition) is 2. The molecule has 3 aromatic rings. The number of benzene rings is 1. The van der Waals surface area contributed by atoms with E-state index >= 15 is 0 Å². The van der Waals surface area contributed by atoms with E-state index in [2.05, 4.69) is 55.2 Å². The third kappa shape index (κ3) is 6.25. The second-order valence-electron chi connectivity index (χ2n) is 8.78. The Balaban J connectivity index is 1.33. The highest BCUT2D eigenvalue weighted by molar-refractivity contribution is 6.02. The van der Waals surface area contributed by atoms with Crippen LogP contribution in [0.3, 0.4) is 0 Å². The second kappa shape index (κ2) is 11.6. The first-order valence-electron chi connectivity index (χ1n) is 11.8. The number of amides is 1. The minimum Gasteiger partial charge on any atom is -0.497 e. The largest absolute Gasteiger partial charge is 0.497 e. The topological polar surface area (TPSA) is 142 Å². The number of carbonyl (C=O) groups is 1. The Labute approximate surface area is 215 Å². The van der Waals surface area contributed by atoms with Crippen molar-refractivity contribution in [2.24, 2.45) is 0 Å². The molecule has 2 unspecified atom stereocenters. The number of nitriles is 1. The van der Waals surface area contributed by atoms with Crippen molar-refractivity contribution < 1.29 is 19.0 Å². The maximum atomic E-state index is 12.7. The van der Waals surface area contributed by atoms with Crippen LogP contribution in [0, 0.1) is 11.3 Å². The van der Waals surface area contributed by atoms with Crippen LogP contribution in [0.1, 0.15) is 29.9 Å². The van der Waals surface area contributed by atoms with Gasteiger partial charge in [0.2, 0.25) is 5.88 Å². The Bertz CT molecular complexity index is 1220. The molecule has 194 valence electrons. The first kappa shape index (κ1) is 25.7. The zero-order valence-electron chi connectivity index (χ0n) is 21.3. The van der Waals surface area contributed by atoms with Gasteiger partial charge in [0.15, 0.2) is 0 Å². The molecule has 1 aliphatic rings. The Morgan fingerprint density at radius 1 is 1.11 bits per heavy atom. The summed E-state index contributed by atoms with van der Waals surface area (Å²) < 4.78 is 16.3. The van der Waals surface area contributed by atoms with Gasteiger partial charge in [-0.2, -0.15) is 5.26 Å². The average molecular weight is 507 g/mol. The first-order valence-corrected chi connectivity index (χ1v) is 11.8. The standard InChI is InChI=1S/C25H30N8O4/c1-16-13-32(14-17(2)33(16)6-5-26)23-12-27-21(11-28-23)25(34)29-22-10-24(31-30-22)37-15-18-7-19(35-3)9-20(8-18)36-4/h7-12,16-17H,6,13-15H2,1-4H3,(H2,29,30,31,34). The molecule has 1 aliphatic heterocycles. The molecule has 0 radical (unpaired) electrons. The number of piperazine rings is 1. The van der Waals surface area contributed by atoms with E-state index in [9.17, 15) is 4.79 Å². The van der Waals surface area contributed by atoms with Gasteiger partial charge in [0.1, 0.15) is 35.4 Å². The number of methoxy groups -OCH3 is 2. The predicted molar refractivity (Wildman–Crippen MR) is 136 cm³/mol. The number of nitrogens with zero attached hydrogens (tertiary/aromatic N) is 6. The second-order valence-corrected chi connectivity index (χ2v) is 8.78. The lowest BCUT2D eigenvalue weighted by Crippen LogP contribution is -2.57. The molecule has 2 aromatic heterocycles. The van der Waals surface area contributed by atoms with E-state index in [1.807, 2.05) is 12.1 Å². The van der Waals surface area contributed by atoms with Gasteiger partial charge in [0, 0.05) is 37.3 Å². The summed E-state index contributed by atoms with van der Waals surface area (Å²) in [6, 6.07) is 9.68. The summed E-state index contributed by atoms with van der Waals surface area (Å²) in [5.74, 6) is 2.27. The third-order valence-electron chi connectivity index (χ3n) is 6.15. The molecule has 1 fully saturated rings. The molecule has 12 heteroatoms. The molecule has 0 bridgehead atoms. The summed E-state index contributed by atoms with van der Waals surface area (Å²) in [6.45, 7) is 6.27. The van der Waals surface area contributed by atoms with Crippen molar-refractivity contribution in [1.82, 2.24) is 25.1 Å². The maximum Gasteiger partial charge on any atom is 0.277 e. The van der Waals surface area contributed by atoms with Gasteiger partial charge < -0.3 is 24.4 Å². The van der Waals surface area contributed by atoms with Crippen LogP contribution in [-0.2, 0) is 6.61 Å². The quantitative estimate of drug-likeness (QED) is 0.416. The molecule has 12 nitrogen and oxygen atoms in total. The SMILES string of the molecule is COc1cc(COc2cc(NC(=O)c3cnc(N4CC(C)N(CC#N)C(C)C4)cn3)[nH]n2)cc(OC)c1. The zero-order chi connectivity index (χ0) is 26.4. The van der Waals surface area contributed by atoms with E-state index in [4.69, 9.17) is 19.5 Å². The molecule has 0 aliphatic carbocycles. The van der Waals surface area contributed by atoms with Gasteiger partial charge >= 0.3 is 0 Å². The first-order chi connectivity index (χ1) is 17.9. The molecule has 0 saturated carbocycles. The lowest BCUT2D eigenvalue weighted by Gasteiger charge is -2.43. The van der Waals surface area contributed by atoms with E-state index in [0.29, 0.717) is 35.6 Å². The van der Waals surface area contributed by atoms with Crippen LogP contribution < -0.4 is 24.4 Å². The Morgan fingerprint density at radius 3 is 2.41 bits per heavy atom. The number of nitrogens with one attached hydrogen (secondary N) is 2. The molecule has 1 amide bonds. The minimum atomic E-state index is -0.424. The van der Waals surface area contributed by atoms with E-state index in [1.54, 1.807) is 32.5 Å². The highest BCUT2D eigenvalue weighted by Gasteiger charge is 2.30. The normalized spacial score (nSPS) is 17.6. The molecule has 3 heterocycles. The van der Waals surface area contributed by atoms with Gasteiger partial charge in [-0.3, -0.25) is 14.8 Å². The number of hydrogen-bond acceptors (Lipinski definition) is 10. The zero-order valence-corrected chi connectivity index (χ0v) is 21.3. The van der Waals surface area contributed by atoms with Gasteiger partial charge in [-0.15, -0.1) is 5.10 Å². The smallest absolute Gasteiger partial charge is 0.277 e. The summed E-state index contributed by atoms with van der Waals surface area (Å²) in [6.07, 6.45) is 3.05. The van der Waals surface area contributed by atoms with E-state index < -0.39 is 5.91 Å². The molecule has 2 atom stereocenters. The number of rotatable bonds is 9. The van der Waals surface area contributed by atoms with Crippen LogP contribution in [0.25, 0.3) is 0 Å². The van der Waals surface area contributed by atoms with Crippen LogP contribution >= 0.6 is 0 Å².